The Morgan fingerprint density at radius 3 is 2.86 bits per heavy atom. The molecule has 2 aliphatic heterocycles. The van der Waals surface area contributed by atoms with Crippen LogP contribution in [-0.4, -0.2) is 18.7 Å². The quantitative estimate of drug-likeness (QED) is 0.707. The maximum Gasteiger partial charge on any atom is 0.127 e. The summed E-state index contributed by atoms with van der Waals surface area (Å²) >= 11 is 0. The minimum Gasteiger partial charge on any atom is -0.485 e. The lowest BCUT2D eigenvalue weighted by Crippen LogP contribution is -2.36. The van der Waals surface area contributed by atoms with Gasteiger partial charge >= 0.3 is 0 Å². The van der Waals surface area contributed by atoms with Crippen molar-refractivity contribution in [2.24, 2.45) is 0 Å². The van der Waals surface area contributed by atoms with Crippen LogP contribution in [0.15, 0.2) is 24.3 Å². The first-order chi connectivity index (χ1) is 6.38. The van der Waals surface area contributed by atoms with Crippen molar-refractivity contribution in [1.82, 2.24) is 5.32 Å². The van der Waals surface area contributed by atoms with E-state index in [1.54, 1.807) is 0 Å². The van der Waals surface area contributed by atoms with E-state index in [0.717, 1.165) is 31.7 Å². The van der Waals surface area contributed by atoms with E-state index in [-0.39, 0.29) is 18.0 Å². The van der Waals surface area contributed by atoms with Crippen molar-refractivity contribution in [1.29, 1.82) is 0 Å². The lowest BCUT2D eigenvalue weighted by Gasteiger charge is -2.21. The van der Waals surface area contributed by atoms with Crippen molar-refractivity contribution in [3.05, 3.63) is 29.8 Å². The zero-order valence-electron chi connectivity index (χ0n) is 7.95. The molecule has 1 N–H and O–H groups in total. The number of halogens is 1. The lowest BCUT2D eigenvalue weighted by molar-refractivity contribution is 0.118. The van der Waals surface area contributed by atoms with Crippen LogP contribution in [-0.2, 0) is 6.42 Å². The lowest BCUT2D eigenvalue weighted by atomic mass is 9.97. The normalized spacial score (nSPS) is 28.3. The van der Waals surface area contributed by atoms with E-state index in [4.69, 9.17) is 4.74 Å². The number of hydrogen-bond donors (Lipinski definition) is 1. The van der Waals surface area contributed by atoms with Crippen molar-refractivity contribution in [3.63, 3.8) is 0 Å². The summed E-state index contributed by atoms with van der Waals surface area (Å²) in [5.74, 6) is 1.09. The highest BCUT2D eigenvalue weighted by Gasteiger charge is 2.41. The molecule has 0 radical (unpaired) electrons. The van der Waals surface area contributed by atoms with Crippen LogP contribution < -0.4 is 10.1 Å². The van der Waals surface area contributed by atoms with Crippen molar-refractivity contribution in [2.75, 3.05) is 13.1 Å². The van der Waals surface area contributed by atoms with Crippen LogP contribution in [0.2, 0.25) is 0 Å². The molecule has 0 bridgehead atoms. The highest BCUT2D eigenvalue weighted by Crippen LogP contribution is 2.37. The molecule has 14 heavy (non-hydrogen) atoms. The molecule has 2 nitrogen and oxygen atoms in total. The van der Waals surface area contributed by atoms with E-state index in [0.29, 0.717) is 0 Å². The predicted octanol–water partition coefficient (Wildman–Crippen LogP) is 1.78. The number of nitrogens with one attached hydrogen (secondary N) is 1. The molecule has 1 atom stereocenters. The largest absolute Gasteiger partial charge is 0.485 e. The van der Waals surface area contributed by atoms with E-state index in [2.05, 4.69) is 23.5 Å². The highest BCUT2D eigenvalue weighted by atomic mass is 35.5. The van der Waals surface area contributed by atoms with Gasteiger partial charge in [-0.05, 0) is 18.2 Å². The molecule has 76 valence electrons. The summed E-state index contributed by atoms with van der Waals surface area (Å²) in [5.41, 5.74) is 1.45. The van der Waals surface area contributed by atoms with Gasteiger partial charge in [0.1, 0.15) is 11.4 Å². The number of ether oxygens (including phenoxy) is 1. The summed E-state index contributed by atoms with van der Waals surface area (Å²) in [5, 5.41) is 3.36. The van der Waals surface area contributed by atoms with Gasteiger partial charge in [0.05, 0.1) is 0 Å². The minimum atomic E-state index is 0. The summed E-state index contributed by atoms with van der Waals surface area (Å²) in [7, 11) is 0. The van der Waals surface area contributed by atoms with Gasteiger partial charge in [-0.1, -0.05) is 18.2 Å². The average Bonchev–Trinajstić information content (AvgIpc) is 2.72. The summed E-state index contributed by atoms with van der Waals surface area (Å²) < 4.78 is 5.99. The third-order valence-electron chi connectivity index (χ3n) is 3.02. The van der Waals surface area contributed by atoms with Crippen LogP contribution in [0.5, 0.6) is 5.75 Å². The second kappa shape index (κ2) is 3.44. The van der Waals surface area contributed by atoms with Crippen molar-refractivity contribution in [2.45, 2.75) is 18.4 Å². The first kappa shape index (κ1) is 9.81. The summed E-state index contributed by atoms with van der Waals surface area (Å²) in [6.45, 7) is 2.09. The molecular formula is C11H14ClNO. The Hall–Kier alpha value is -0.730. The van der Waals surface area contributed by atoms with Gasteiger partial charge in [-0.15, -0.1) is 12.4 Å². The Labute approximate surface area is 90.1 Å². The van der Waals surface area contributed by atoms with Crippen molar-refractivity contribution >= 4 is 12.4 Å². The van der Waals surface area contributed by atoms with E-state index >= 15 is 0 Å². The average molecular weight is 212 g/mol. The molecule has 1 fully saturated rings. The van der Waals surface area contributed by atoms with Gasteiger partial charge in [-0.2, -0.15) is 0 Å². The Balaban J connectivity index is 0.000000750. The third kappa shape index (κ3) is 1.39. The molecule has 3 heteroatoms. The molecule has 1 saturated heterocycles. The van der Waals surface area contributed by atoms with Gasteiger partial charge in [0.25, 0.3) is 0 Å². The SMILES string of the molecule is Cl.c1ccc2c(c1)CC1(CCNC1)O2. The fraction of sp³-hybridized carbons (Fsp3) is 0.455. The highest BCUT2D eigenvalue weighted by molar-refractivity contribution is 5.85. The number of para-hydroxylation sites is 1. The molecule has 0 saturated carbocycles. The van der Waals surface area contributed by atoms with Crippen LogP contribution in [0.4, 0.5) is 0 Å². The Morgan fingerprint density at radius 1 is 1.29 bits per heavy atom. The number of fused-ring (bicyclic) bond motifs is 1. The first-order valence-corrected chi connectivity index (χ1v) is 4.86. The van der Waals surface area contributed by atoms with Gasteiger partial charge < -0.3 is 10.1 Å². The molecule has 1 aromatic carbocycles. The summed E-state index contributed by atoms with van der Waals surface area (Å²) in [4.78, 5) is 0. The topological polar surface area (TPSA) is 21.3 Å². The fourth-order valence-electron chi connectivity index (χ4n) is 2.32. The van der Waals surface area contributed by atoms with Crippen LogP contribution >= 0.6 is 12.4 Å². The van der Waals surface area contributed by atoms with Gasteiger partial charge in [0, 0.05) is 19.4 Å². The maximum absolute atomic E-state index is 5.99. The molecule has 0 amide bonds. The monoisotopic (exact) mass is 211 g/mol. The standard InChI is InChI=1S/C11H13NO.ClH/c1-2-4-10-9(3-1)7-11(13-10)5-6-12-8-11;/h1-4,12H,5-8H2;1H. The van der Waals surface area contributed by atoms with Crippen molar-refractivity contribution < 1.29 is 4.74 Å². The van der Waals surface area contributed by atoms with Gasteiger partial charge in [-0.25, -0.2) is 0 Å². The summed E-state index contributed by atoms with van der Waals surface area (Å²) in [6.07, 6.45) is 2.22. The number of rotatable bonds is 0. The predicted molar refractivity (Wildman–Crippen MR) is 58.2 cm³/mol. The smallest absolute Gasteiger partial charge is 0.127 e. The second-order valence-electron chi connectivity index (χ2n) is 4.00. The Kier molecular flexibility index (Phi) is 2.41. The van der Waals surface area contributed by atoms with E-state index in [9.17, 15) is 0 Å². The van der Waals surface area contributed by atoms with E-state index in [1.165, 1.54) is 5.56 Å². The third-order valence-corrected chi connectivity index (χ3v) is 3.02. The molecule has 2 aliphatic rings. The minimum absolute atomic E-state index is 0. The molecular weight excluding hydrogens is 198 g/mol. The van der Waals surface area contributed by atoms with Crippen LogP contribution in [0.3, 0.4) is 0 Å². The van der Waals surface area contributed by atoms with Crippen LogP contribution in [0.25, 0.3) is 0 Å². The molecule has 2 heterocycles. The summed E-state index contributed by atoms with van der Waals surface area (Å²) in [6, 6.07) is 8.37. The van der Waals surface area contributed by atoms with Gasteiger partial charge in [0.2, 0.25) is 0 Å². The zero-order chi connectivity index (χ0) is 8.73. The molecule has 1 aromatic rings. The molecule has 0 aliphatic carbocycles. The van der Waals surface area contributed by atoms with Gasteiger partial charge in [0.15, 0.2) is 0 Å². The molecule has 0 aromatic heterocycles. The Morgan fingerprint density at radius 2 is 2.14 bits per heavy atom. The zero-order valence-corrected chi connectivity index (χ0v) is 8.77. The molecule has 3 rings (SSSR count). The van der Waals surface area contributed by atoms with Crippen LogP contribution in [0, 0.1) is 0 Å². The van der Waals surface area contributed by atoms with Crippen molar-refractivity contribution in [3.8, 4) is 5.75 Å². The number of benzene rings is 1. The molecule has 1 unspecified atom stereocenters. The molecule has 1 spiro atoms. The number of hydrogen-bond acceptors (Lipinski definition) is 2. The second-order valence-corrected chi connectivity index (χ2v) is 4.00. The van der Waals surface area contributed by atoms with Gasteiger partial charge in [-0.3, -0.25) is 0 Å². The Bertz CT molecular complexity index is 307. The van der Waals surface area contributed by atoms with Crippen LogP contribution in [0.1, 0.15) is 12.0 Å². The maximum atomic E-state index is 5.99. The first-order valence-electron chi connectivity index (χ1n) is 4.86. The van der Waals surface area contributed by atoms with E-state index < -0.39 is 0 Å². The fourth-order valence-corrected chi connectivity index (χ4v) is 2.32. The van der Waals surface area contributed by atoms with E-state index in [1.807, 2.05) is 6.07 Å².